The molecule has 24 heavy (non-hydrogen) atoms. The summed E-state index contributed by atoms with van der Waals surface area (Å²) >= 11 is 1.69. The van der Waals surface area contributed by atoms with Gasteiger partial charge in [0.15, 0.2) is 0 Å². The average molecular weight is 364 g/mol. The quantitative estimate of drug-likeness (QED) is 0.907. The molecule has 0 bridgehead atoms. The molecule has 1 aliphatic heterocycles. The first-order chi connectivity index (χ1) is 11.5. The van der Waals surface area contributed by atoms with Crippen molar-refractivity contribution in [3.05, 3.63) is 51.7 Å². The number of nitrogens with one attached hydrogen (secondary N) is 1. The highest BCUT2D eigenvalue weighted by molar-refractivity contribution is 7.89. The number of amides is 1. The SMILES string of the molecule is CC[C@H]1c2ccsc2CCN1S(=O)(=O)c1ccc(C(=O)NC)cc1. The van der Waals surface area contributed by atoms with Crippen LogP contribution in [0.25, 0.3) is 0 Å². The Labute approximate surface area is 146 Å². The molecule has 0 saturated heterocycles. The Morgan fingerprint density at radius 1 is 1.29 bits per heavy atom. The smallest absolute Gasteiger partial charge is 0.251 e. The topological polar surface area (TPSA) is 66.5 Å². The zero-order valence-corrected chi connectivity index (χ0v) is 15.3. The zero-order chi connectivity index (χ0) is 17.3. The predicted octanol–water partition coefficient (Wildman–Crippen LogP) is 2.81. The van der Waals surface area contributed by atoms with Crippen molar-refractivity contribution in [1.29, 1.82) is 0 Å². The minimum Gasteiger partial charge on any atom is -0.355 e. The highest BCUT2D eigenvalue weighted by Crippen LogP contribution is 2.38. The molecular weight excluding hydrogens is 344 g/mol. The van der Waals surface area contributed by atoms with Gasteiger partial charge in [0.2, 0.25) is 10.0 Å². The van der Waals surface area contributed by atoms with Gasteiger partial charge < -0.3 is 5.32 Å². The molecule has 1 amide bonds. The van der Waals surface area contributed by atoms with Gasteiger partial charge in [0.05, 0.1) is 10.9 Å². The van der Waals surface area contributed by atoms with Crippen molar-refractivity contribution in [3.8, 4) is 0 Å². The summed E-state index contributed by atoms with van der Waals surface area (Å²) in [4.78, 5) is 13.1. The Morgan fingerprint density at radius 3 is 2.62 bits per heavy atom. The number of hydrogen-bond acceptors (Lipinski definition) is 4. The zero-order valence-electron chi connectivity index (χ0n) is 13.7. The Bertz CT molecular complexity index is 841. The molecule has 1 aromatic carbocycles. The monoisotopic (exact) mass is 364 g/mol. The van der Waals surface area contributed by atoms with Crippen LogP contribution in [-0.4, -0.2) is 32.2 Å². The Morgan fingerprint density at radius 2 is 2.00 bits per heavy atom. The lowest BCUT2D eigenvalue weighted by Gasteiger charge is -2.34. The van der Waals surface area contributed by atoms with Crippen LogP contribution < -0.4 is 5.32 Å². The number of sulfonamides is 1. The first kappa shape index (κ1) is 17.1. The summed E-state index contributed by atoms with van der Waals surface area (Å²) in [6.45, 7) is 2.50. The molecule has 0 unspecified atom stereocenters. The number of fused-ring (bicyclic) bond motifs is 1. The number of carbonyl (C=O) groups is 1. The summed E-state index contributed by atoms with van der Waals surface area (Å²) in [5, 5.41) is 4.56. The van der Waals surface area contributed by atoms with E-state index in [2.05, 4.69) is 5.32 Å². The molecule has 2 aromatic rings. The average Bonchev–Trinajstić information content (AvgIpc) is 3.09. The minimum absolute atomic E-state index is 0.122. The molecule has 7 heteroatoms. The number of rotatable bonds is 4. The lowest BCUT2D eigenvalue weighted by atomic mass is 10.0. The predicted molar refractivity (Wildman–Crippen MR) is 94.8 cm³/mol. The van der Waals surface area contributed by atoms with Crippen LogP contribution >= 0.6 is 11.3 Å². The first-order valence-electron chi connectivity index (χ1n) is 7.89. The van der Waals surface area contributed by atoms with Crippen LogP contribution in [0.1, 0.15) is 40.2 Å². The third kappa shape index (κ3) is 2.87. The van der Waals surface area contributed by atoms with Gasteiger partial charge in [-0.2, -0.15) is 4.31 Å². The van der Waals surface area contributed by atoms with E-state index < -0.39 is 10.0 Å². The second kappa shape index (κ2) is 6.66. The Balaban J connectivity index is 1.94. The summed E-state index contributed by atoms with van der Waals surface area (Å²) < 4.78 is 27.7. The van der Waals surface area contributed by atoms with Gasteiger partial charge in [-0.1, -0.05) is 6.92 Å². The fraction of sp³-hybridized carbons (Fsp3) is 0.353. The number of hydrogen-bond donors (Lipinski definition) is 1. The summed E-state index contributed by atoms with van der Waals surface area (Å²) in [6.07, 6.45) is 1.48. The van der Waals surface area contributed by atoms with Gasteiger partial charge >= 0.3 is 0 Å². The number of thiophene rings is 1. The van der Waals surface area contributed by atoms with Gasteiger partial charge in [-0.05, 0) is 54.1 Å². The molecule has 0 saturated carbocycles. The largest absolute Gasteiger partial charge is 0.355 e. The number of benzene rings is 1. The maximum absolute atomic E-state index is 13.1. The van der Waals surface area contributed by atoms with E-state index in [4.69, 9.17) is 0 Å². The van der Waals surface area contributed by atoms with Crippen molar-refractivity contribution in [2.75, 3.05) is 13.6 Å². The normalized spacial score (nSPS) is 18.2. The van der Waals surface area contributed by atoms with Crippen molar-refractivity contribution >= 4 is 27.3 Å². The van der Waals surface area contributed by atoms with Crippen molar-refractivity contribution in [1.82, 2.24) is 9.62 Å². The molecule has 0 aliphatic carbocycles. The van der Waals surface area contributed by atoms with Gasteiger partial charge in [0.25, 0.3) is 5.91 Å². The highest BCUT2D eigenvalue weighted by atomic mass is 32.2. The summed E-state index contributed by atoms with van der Waals surface area (Å²) in [6, 6.07) is 8.03. The van der Waals surface area contributed by atoms with Crippen LogP contribution in [0.4, 0.5) is 0 Å². The van der Waals surface area contributed by atoms with Crippen molar-refractivity contribution in [2.45, 2.75) is 30.7 Å². The maximum Gasteiger partial charge on any atom is 0.251 e. The molecule has 1 N–H and O–H groups in total. The molecule has 1 aliphatic rings. The molecular formula is C17H20N2O3S2. The van der Waals surface area contributed by atoms with Gasteiger partial charge in [-0.25, -0.2) is 8.42 Å². The summed E-state index contributed by atoms with van der Waals surface area (Å²) in [5.41, 5.74) is 1.57. The van der Waals surface area contributed by atoms with Crippen molar-refractivity contribution in [3.63, 3.8) is 0 Å². The van der Waals surface area contributed by atoms with E-state index in [-0.39, 0.29) is 16.8 Å². The summed E-state index contributed by atoms with van der Waals surface area (Å²) in [5.74, 6) is -0.230. The van der Waals surface area contributed by atoms with Gasteiger partial charge in [-0.15, -0.1) is 11.3 Å². The maximum atomic E-state index is 13.1. The molecule has 0 spiro atoms. The second-order valence-corrected chi connectivity index (χ2v) is 8.58. The van der Waals surface area contributed by atoms with Crippen molar-refractivity contribution < 1.29 is 13.2 Å². The van der Waals surface area contributed by atoms with Gasteiger partial charge in [-0.3, -0.25) is 4.79 Å². The van der Waals surface area contributed by atoms with E-state index in [1.54, 1.807) is 34.8 Å². The molecule has 1 atom stereocenters. The van der Waals surface area contributed by atoms with Gasteiger partial charge in [0.1, 0.15) is 0 Å². The van der Waals surface area contributed by atoms with Gasteiger partial charge in [0, 0.05) is 24.0 Å². The van der Waals surface area contributed by atoms with E-state index in [1.807, 2.05) is 18.4 Å². The third-order valence-corrected chi connectivity index (χ3v) is 7.30. The summed E-state index contributed by atoms with van der Waals surface area (Å²) in [7, 11) is -2.04. The van der Waals surface area contributed by atoms with E-state index in [9.17, 15) is 13.2 Å². The molecule has 5 nitrogen and oxygen atoms in total. The minimum atomic E-state index is -3.59. The van der Waals surface area contributed by atoms with Crippen LogP contribution in [-0.2, 0) is 16.4 Å². The van der Waals surface area contributed by atoms with E-state index in [1.165, 1.54) is 17.0 Å². The van der Waals surface area contributed by atoms with Crippen LogP contribution in [0.5, 0.6) is 0 Å². The lowest BCUT2D eigenvalue weighted by Crippen LogP contribution is -2.39. The molecule has 1 aromatic heterocycles. The molecule has 128 valence electrons. The molecule has 3 rings (SSSR count). The number of carbonyl (C=O) groups excluding carboxylic acids is 1. The van der Waals surface area contributed by atoms with Crippen molar-refractivity contribution in [2.24, 2.45) is 0 Å². The van der Waals surface area contributed by atoms with E-state index in [0.717, 1.165) is 18.4 Å². The lowest BCUT2D eigenvalue weighted by molar-refractivity contribution is 0.0963. The van der Waals surface area contributed by atoms with Crippen LogP contribution in [0.3, 0.4) is 0 Å². The Hall–Kier alpha value is -1.70. The molecule has 0 fully saturated rings. The van der Waals surface area contributed by atoms with E-state index in [0.29, 0.717) is 12.1 Å². The standard InChI is InChI=1S/C17H20N2O3S2/c1-3-15-14-9-11-23-16(14)8-10-19(15)24(21,22)13-6-4-12(5-7-13)17(20)18-2/h4-7,9,11,15H,3,8,10H2,1-2H3,(H,18,20)/t15-/m0/s1. The van der Waals surface area contributed by atoms with Crippen LogP contribution in [0.15, 0.2) is 40.6 Å². The van der Waals surface area contributed by atoms with Crippen LogP contribution in [0, 0.1) is 0 Å². The fourth-order valence-corrected chi connectivity index (χ4v) is 5.75. The highest BCUT2D eigenvalue weighted by Gasteiger charge is 2.35. The third-order valence-electron chi connectivity index (χ3n) is 4.38. The molecule has 2 heterocycles. The first-order valence-corrected chi connectivity index (χ1v) is 10.2. The van der Waals surface area contributed by atoms with Crippen LogP contribution in [0.2, 0.25) is 0 Å². The van der Waals surface area contributed by atoms with E-state index >= 15 is 0 Å². The Kier molecular flexibility index (Phi) is 4.76. The fourth-order valence-electron chi connectivity index (χ4n) is 3.14. The number of nitrogens with zero attached hydrogens (tertiary/aromatic N) is 1. The molecule has 0 radical (unpaired) electrons. The second-order valence-electron chi connectivity index (χ2n) is 5.69.